The molecule has 11 nitrogen and oxygen atoms in total. The molecule has 0 bridgehead atoms. The smallest absolute Gasteiger partial charge is 0.361 e. The Balaban J connectivity index is 4.20. The maximum absolute atomic E-state index is 12.5. The fourth-order valence-corrected chi connectivity index (χ4v) is 4.45. The monoisotopic (exact) mass is 604 g/mol. The van der Waals surface area contributed by atoms with Gasteiger partial charge in [-0.1, -0.05) is 117 Å². The molecule has 0 aliphatic heterocycles. The van der Waals surface area contributed by atoms with Gasteiger partial charge in [0.2, 0.25) is 0 Å². The molecular formula is C31H56O11. The summed E-state index contributed by atoms with van der Waals surface area (Å²) in [6.45, 7) is 3.57. The van der Waals surface area contributed by atoms with E-state index in [1.807, 2.05) is 0 Å². The quantitative estimate of drug-likeness (QED) is 0.0643. The van der Waals surface area contributed by atoms with Gasteiger partial charge < -0.3 is 15.3 Å². The third kappa shape index (κ3) is 22.4. The lowest BCUT2D eigenvalue weighted by atomic mass is 9.92. The molecule has 0 rings (SSSR count). The van der Waals surface area contributed by atoms with Crippen LogP contribution in [0.2, 0.25) is 0 Å². The molecule has 42 heavy (non-hydrogen) atoms. The van der Waals surface area contributed by atoms with Crippen molar-refractivity contribution in [2.75, 3.05) is 6.61 Å². The molecule has 3 atom stereocenters. The predicted octanol–water partition coefficient (Wildman–Crippen LogP) is 5.55. The molecule has 246 valence electrons. The minimum absolute atomic E-state index is 0.123. The Kier molecular flexibility index (Phi) is 26.1. The highest BCUT2D eigenvalue weighted by Crippen LogP contribution is 2.20. The van der Waals surface area contributed by atoms with Crippen molar-refractivity contribution in [3.8, 4) is 0 Å². The molecule has 0 aromatic carbocycles. The summed E-state index contributed by atoms with van der Waals surface area (Å²) >= 11 is 0. The zero-order chi connectivity index (χ0) is 31.4. The molecule has 0 heterocycles. The number of carbonyl (C=O) groups is 4. The van der Waals surface area contributed by atoms with E-state index in [0.29, 0.717) is 12.8 Å². The summed E-state index contributed by atoms with van der Waals surface area (Å²) in [5.74, 6) is -4.97. The van der Waals surface area contributed by atoms with Crippen molar-refractivity contribution in [1.82, 2.24) is 0 Å². The Morgan fingerprint density at radius 1 is 0.524 bits per heavy atom. The van der Waals surface area contributed by atoms with Crippen LogP contribution in [0.3, 0.4) is 0 Å². The fourth-order valence-electron chi connectivity index (χ4n) is 4.45. The van der Waals surface area contributed by atoms with Crippen LogP contribution in [-0.4, -0.2) is 58.0 Å². The maximum Gasteiger partial charge on any atom is 0.361 e. The lowest BCUT2D eigenvalue weighted by Crippen LogP contribution is -2.40. The maximum atomic E-state index is 12.5. The summed E-state index contributed by atoms with van der Waals surface area (Å²) in [5, 5.41) is 29.2. The standard InChI is InChI=1S/C31H56O11/c1-3-5-7-9-11-13-15-17-19-21-27(34)39-40-28(35)22-23-29(36)41-42-31(38)25(30(37)26(33)24-32)20-18-16-14-12-10-8-6-4-2/h25-26,30,32-33,37H,3-24H2,1-2H3. The van der Waals surface area contributed by atoms with Gasteiger partial charge in [-0.2, -0.15) is 0 Å². The first-order chi connectivity index (χ1) is 20.3. The average molecular weight is 605 g/mol. The molecule has 0 aliphatic carbocycles. The Bertz CT molecular complexity index is 713. The van der Waals surface area contributed by atoms with E-state index in [1.165, 1.54) is 51.4 Å². The van der Waals surface area contributed by atoms with Crippen LogP contribution < -0.4 is 0 Å². The van der Waals surface area contributed by atoms with Crippen molar-refractivity contribution >= 4 is 23.9 Å². The number of hydrogen-bond acceptors (Lipinski definition) is 11. The van der Waals surface area contributed by atoms with Crippen molar-refractivity contribution in [2.45, 2.75) is 161 Å². The number of unbranched alkanes of at least 4 members (excludes halogenated alkanes) is 15. The fraction of sp³-hybridized carbons (Fsp3) is 0.871. The minimum Gasteiger partial charge on any atom is -0.394 e. The van der Waals surface area contributed by atoms with Gasteiger partial charge in [-0.05, 0) is 12.8 Å². The van der Waals surface area contributed by atoms with Crippen molar-refractivity contribution in [2.24, 2.45) is 5.92 Å². The summed E-state index contributed by atoms with van der Waals surface area (Å²) < 4.78 is 0. The molecule has 0 saturated carbocycles. The van der Waals surface area contributed by atoms with E-state index in [0.717, 1.165) is 44.9 Å². The number of rotatable bonds is 26. The van der Waals surface area contributed by atoms with Crippen LogP contribution in [0.25, 0.3) is 0 Å². The molecule has 11 heteroatoms. The van der Waals surface area contributed by atoms with E-state index in [-0.39, 0.29) is 12.8 Å². The molecule has 0 fully saturated rings. The van der Waals surface area contributed by atoms with E-state index in [2.05, 4.69) is 33.4 Å². The van der Waals surface area contributed by atoms with Gasteiger partial charge in [0.1, 0.15) is 6.10 Å². The van der Waals surface area contributed by atoms with E-state index in [9.17, 15) is 29.4 Å². The second kappa shape index (κ2) is 27.6. The van der Waals surface area contributed by atoms with E-state index < -0.39 is 61.5 Å². The van der Waals surface area contributed by atoms with Crippen LogP contribution >= 0.6 is 0 Å². The van der Waals surface area contributed by atoms with Gasteiger partial charge in [-0.3, -0.25) is 0 Å². The molecule has 0 aromatic heterocycles. The van der Waals surface area contributed by atoms with Gasteiger partial charge in [0.25, 0.3) is 0 Å². The van der Waals surface area contributed by atoms with Crippen molar-refractivity contribution in [3.63, 3.8) is 0 Å². The van der Waals surface area contributed by atoms with Crippen LogP contribution in [-0.2, 0) is 38.7 Å². The second-order valence-corrected chi connectivity index (χ2v) is 11.0. The third-order valence-electron chi connectivity index (χ3n) is 7.13. The first-order valence-electron chi connectivity index (χ1n) is 16.0. The Morgan fingerprint density at radius 3 is 1.36 bits per heavy atom. The van der Waals surface area contributed by atoms with Gasteiger partial charge in [0.15, 0.2) is 0 Å². The Hall–Kier alpha value is -2.24. The van der Waals surface area contributed by atoms with Crippen LogP contribution in [0.4, 0.5) is 0 Å². The number of aliphatic hydroxyl groups excluding tert-OH is 3. The first-order valence-corrected chi connectivity index (χ1v) is 16.0. The highest BCUT2D eigenvalue weighted by molar-refractivity contribution is 5.79. The molecule has 3 N–H and O–H groups in total. The van der Waals surface area contributed by atoms with E-state index in [1.54, 1.807) is 0 Å². The van der Waals surface area contributed by atoms with Crippen molar-refractivity contribution in [1.29, 1.82) is 0 Å². The summed E-state index contributed by atoms with van der Waals surface area (Å²) in [4.78, 5) is 65.8. The van der Waals surface area contributed by atoms with E-state index in [4.69, 9.17) is 5.11 Å². The van der Waals surface area contributed by atoms with Gasteiger partial charge in [0, 0.05) is 0 Å². The van der Waals surface area contributed by atoms with Gasteiger partial charge in [-0.15, -0.1) is 0 Å². The molecular weight excluding hydrogens is 548 g/mol. The number of hydrogen-bond donors (Lipinski definition) is 3. The van der Waals surface area contributed by atoms with Gasteiger partial charge in [-0.25, -0.2) is 38.7 Å². The van der Waals surface area contributed by atoms with Crippen molar-refractivity contribution in [3.05, 3.63) is 0 Å². The van der Waals surface area contributed by atoms with Crippen molar-refractivity contribution < 1.29 is 54.0 Å². The number of carbonyl (C=O) groups excluding carboxylic acids is 4. The van der Waals surface area contributed by atoms with Crippen LogP contribution in [0, 0.1) is 5.92 Å². The molecule has 0 aromatic rings. The van der Waals surface area contributed by atoms with E-state index >= 15 is 0 Å². The summed E-state index contributed by atoms with van der Waals surface area (Å²) in [7, 11) is 0. The van der Waals surface area contributed by atoms with Crippen LogP contribution in [0.1, 0.15) is 149 Å². The molecule has 0 amide bonds. The predicted molar refractivity (Wildman–Crippen MR) is 155 cm³/mol. The summed E-state index contributed by atoms with van der Waals surface area (Å²) in [6.07, 6.45) is 14.1. The molecule has 3 unspecified atom stereocenters. The average Bonchev–Trinajstić information content (AvgIpc) is 2.99. The first kappa shape index (κ1) is 39.8. The summed E-state index contributed by atoms with van der Waals surface area (Å²) in [6, 6.07) is 0. The lowest BCUT2D eigenvalue weighted by molar-refractivity contribution is -0.267. The van der Waals surface area contributed by atoms with Crippen LogP contribution in [0.15, 0.2) is 0 Å². The normalized spacial score (nSPS) is 13.2. The zero-order valence-corrected chi connectivity index (χ0v) is 25.9. The SMILES string of the molecule is CCCCCCCCCCCC(=O)OOC(=O)CCC(=O)OOC(=O)C(CCCCCCCCCC)C(O)C(O)CO. The summed E-state index contributed by atoms with van der Waals surface area (Å²) in [5.41, 5.74) is 0. The highest BCUT2D eigenvalue weighted by atomic mass is 17.2. The van der Waals surface area contributed by atoms with Gasteiger partial charge in [0.05, 0.1) is 37.9 Å². The third-order valence-corrected chi connectivity index (χ3v) is 7.13. The largest absolute Gasteiger partial charge is 0.394 e. The topological polar surface area (TPSA) is 166 Å². The molecule has 0 radical (unpaired) electrons. The lowest BCUT2D eigenvalue weighted by Gasteiger charge is -2.23. The Morgan fingerprint density at radius 2 is 0.905 bits per heavy atom. The zero-order valence-electron chi connectivity index (χ0n) is 25.9. The second-order valence-electron chi connectivity index (χ2n) is 11.0. The molecule has 0 aliphatic rings. The molecule has 0 saturated heterocycles. The van der Waals surface area contributed by atoms with Gasteiger partial charge >= 0.3 is 23.9 Å². The minimum atomic E-state index is -1.61. The highest BCUT2D eigenvalue weighted by Gasteiger charge is 2.34. The number of aliphatic hydroxyl groups is 3. The Labute approximate surface area is 251 Å². The molecule has 0 spiro atoms. The van der Waals surface area contributed by atoms with Crippen LogP contribution in [0.5, 0.6) is 0 Å².